The van der Waals surface area contributed by atoms with Crippen LogP contribution in [0, 0.1) is 0 Å². The van der Waals surface area contributed by atoms with Gasteiger partial charge in [-0.1, -0.05) is 13.3 Å². The quantitative estimate of drug-likeness (QED) is 0.794. The summed E-state index contributed by atoms with van der Waals surface area (Å²) < 4.78 is 10.3. The molecule has 0 aliphatic carbocycles. The molecule has 0 radical (unpaired) electrons. The van der Waals surface area contributed by atoms with Crippen LogP contribution in [0.4, 0.5) is 0 Å². The van der Waals surface area contributed by atoms with Gasteiger partial charge in [-0.3, -0.25) is 4.79 Å². The summed E-state index contributed by atoms with van der Waals surface area (Å²) in [4.78, 5) is 25.8. The second kappa shape index (κ2) is 6.43. The van der Waals surface area contributed by atoms with Crippen LogP contribution in [0.1, 0.15) is 30.1 Å². The van der Waals surface area contributed by atoms with Gasteiger partial charge in [-0.25, -0.2) is 4.79 Å². The van der Waals surface area contributed by atoms with E-state index in [4.69, 9.17) is 9.15 Å². The molecule has 5 heteroatoms. The van der Waals surface area contributed by atoms with Gasteiger partial charge in [0.05, 0.1) is 7.11 Å². The molecule has 0 spiro atoms. The fourth-order valence-corrected chi connectivity index (χ4v) is 2.07. The van der Waals surface area contributed by atoms with Gasteiger partial charge in [-0.05, 0) is 24.6 Å². The van der Waals surface area contributed by atoms with Crippen molar-refractivity contribution in [1.29, 1.82) is 0 Å². The predicted octanol–water partition coefficient (Wildman–Crippen LogP) is 2.67. The van der Waals surface area contributed by atoms with Crippen molar-refractivity contribution < 1.29 is 13.9 Å². The molecule has 0 atom stereocenters. The third-order valence-corrected chi connectivity index (χ3v) is 3.37. The highest BCUT2D eigenvalue weighted by Gasteiger charge is 2.17. The summed E-state index contributed by atoms with van der Waals surface area (Å²) in [5.41, 5.74) is -0.150. The molecule has 0 aliphatic rings. The molecule has 2 rings (SSSR count). The van der Waals surface area contributed by atoms with E-state index in [0.717, 1.165) is 12.8 Å². The Kier molecular flexibility index (Phi) is 4.62. The summed E-state index contributed by atoms with van der Waals surface area (Å²) in [5, 5.41) is 0.697. The van der Waals surface area contributed by atoms with Crippen molar-refractivity contribution in [3.05, 3.63) is 40.2 Å². The maximum absolute atomic E-state index is 12.3. The first-order valence-corrected chi connectivity index (χ1v) is 6.94. The van der Waals surface area contributed by atoms with E-state index in [1.54, 1.807) is 43.3 Å². The normalized spacial score (nSPS) is 10.6. The average molecular weight is 289 g/mol. The van der Waals surface area contributed by atoms with E-state index in [1.165, 1.54) is 0 Å². The fraction of sp³-hybridized carbons (Fsp3) is 0.375. The SMILES string of the molecule is CCCCN(C)C(=O)c1cc2ccc(OC)cc2oc1=O. The second-order valence-electron chi connectivity index (χ2n) is 4.93. The summed E-state index contributed by atoms with van der Waals surface area (Å²) in [5.74, 6) is 0.291. The van der Waals surface area contributed by atoms with E-state index in [2.05, 4.69) is 6.92 Å². The van der Waals surface area contributed by atoms with Crippen LogP contribution in [0.25, 0.3) is 11.0 Å². The minimum atomic E-state index is -0.621. The van der Waals surface area contributed by atoms with Gasteiger partial charge < -0.3 is 14.1 Å². The number of hydrogen-bond donors (Lipinski definition) is 0. The largest absolute Gasteiger partial charge is 0.497 e. The van der Waals surface area contributed by atoms with Crippen molar-refractivity contribution in [3.8, 4) is 5.75 Å². The number of hydrogen-bond acceptors (Lipinski definition) is 4. The highest BCUT2D eigenvalue weighted by molar-refractivity contribution is 5.96. The lowest BCUT2D eigenvalue weighted by Crippen LogP contribution is -2.31. The minimum Gasteiger partial charge on any atom is -0.497 e. The zero-order valence-corrected chi connectivity index (χ0v) is 12.5. The van der Waals surface area contributed by atoms with Gasteiger partial charge in [0, 0.05) is 25.0 Å². The number of rotatable bonds is 5. The number of ether oxygens (including phenoxy) is 1. The molecule has 0 N–H and O–H groups in total. The molecule has 0 aliphatic heterocycles. The van der Waals surface area contributed by atoms with E-state index in [9.17, 15) is 9.59 Å². The highest BCUT2D eigenvalue weighted by atomic mass is 16.5. The Morgan fingerprint density at radius 1 is 1.33 bits per heavy atom. The maximum atomic E-state index is 12.3. The van der Waals surface area contributed by atoms with Crippen LogP contribution in [0.2, 0.25) is 0 Å². The molecule has 0 saturated carbocycles. The first kappa shape index (κ1) is 15.1. The van der Waals surface area contributed by atoms with Crippen molar-refractivity contribution >= 4 is 16.9 Å². The number of nitrogens with zero attached hydrogens (tertiary/aromatic N) is 1. The molecule has 21 heavy (non-hydrogen) atoms. The van der Waals surface area contributed by atoms with Gasteiger partial charge >= 0.3 is 5.63 Å². The van der Waals surface area contributed by atoms with Gasteiger partial charge in [0.2, 0.25) is 0 Å². The number of methoxy groups -OCH3 is 1. The molecular formula is C16H19NO4. The molecule has 1 aromatic carbocycles. The Labute approximate surface area is 123 Å². The standard InChI is InChI=1S/C16H19NO4/c1-4-5-8-17(2)15(18)13-9-11-6-7-12(20-3)10-14(11)21-16(13)19/h6-7,9-10H,4-5,8H2,1-3H3. The Morgan fingerprint density at radius 3 is 2.76 bits per heavy atom. The summed E-state index contributed by atoms with van der Waals surface area (Å²) in [6, 6.07) is 6.73. The van der Waals surface area contributed by atoms with E-state index in [1.807, 2.05) is 0 Å². The topological polar surface area (TPSA) is 59.8 Å². The van der Waals surface area contributed by atoms with Crippen molar-refractivity contribution in [2.45, 2.75) is 19.8 Å². The number of benzene rings is 1. The van der Waals surface area contributed by atoms with Crippen LogP contribution in [-0.2, 0) is 0 Å². The first-order valence-electron chi connectivity index (χ1n) is 6.94. The average Bonchev–Trinajstić information content (AvgIpc) is 2.50. The van der Waals surface area contributed by atoms with Crippen molar-refractivity contribution in [3.63, 3.8) is 0 Å². The van der Waals surface area contributed by atoms with Gasteiger partial charge in [-0.2, -0.15) is 0 Å². The predicted molar refractivity (Wildman–Crippen MR) is 80.9 cm³/mol. The Balaban J connectivity index is 2.39. The molecule has 0 unspecified atom stereocenters. The van der Waals surface area contributed by atoms with Crippen molar-refractivity contribution in [2.24, 2.45) is 0 Å². The van der Waals surface area contributed by atoms with Gasteiger partial charge in [-0.15, -0.1) is 0 Å². The van der Waals surface area contributed by atoms with Crippen molar-refractivity contribution in [2.75, 3.05) is 20.7 Å². The van der Waals surface area contributed by atoms with Crippen LogP contribution in [0.5, 0.6) is 5.75 Å². The smallest absolute Gasteiger partial charge is 0.349 e. The summed E-state index contributed by atoms with van der Waals surface area (Å²) in [6.07, 6.45) is 1.89. The van der Waals surface area contributed by atoms with E-state index < -0.39 is 5.63 Å². The fourth-order valence-electron chi connectivity index (χ4n) is 2.07. The molecule has 0 bridgehead atoms. The van der Waals surface area contributed by atoms with Crippen molar-refractivity contribution in [1.82, 2.24) is 4.90 Å². The Bertz CT molecular complexity index is 705. The molecule has 1 heterocycles. The second-order valence-corrected chi connectivity index (χ2v) is 4.93. The summed E-state index contributed by atoms with van der Waals surface area (Å²) in [7, 11) is 3.23. The highest BCUT2D eigenvalue weighted by Crippen LogP contribution is 2.20. The molecular weight excluding hydrogens is 270 g/mol. The maximum Gasteiger partial charge on any atom is 0.349 e. The van der Waals surface area contributed by atoms with Crippen LogP contribution in [0.3, 0.4) is 0 Å². The first-order chi connectivity index (χ1) is 10.1. The van der Waals surface area contributed by atoms with E-state index in [-0.39, 0.29) is 11.5 Å². The van der Waals surface area contributed by atoms with Gasteiger partial charge in [0.1, 0.15) is 16.9 Å². The van der Waals surface area contributed by atoms with Crippen LogP contribution in [0.15, 0.2) is 33.5 Å². The van der Waals surface area contributed by atoms with E-state index >= 15 is 0 Å². The number of carbonyl (C=O) groups is 1. The molecule has 2 aromatic rings. The zero-order valence-electron chi connectivity index (χ0n) is 12.5. The molecule has 1 amide bonds. The lowest BCUT2D eigenvalue weighted by atomic mass is 10.1. The number of carbonyl (C=O) groups excluding carboxylic acids is 1. The summed E-state index contributed by atoms with van der Waals surface area (Å²) >= 11 is 0. The number of amides is 1. The molecule has 1 aromatic heterocycles. The van der Waals surface area contributed by atoms with Crippen LogP contribution >= 0.6 is 0 Å². The van der Waals surface area contributed by atoms with Crippen LogP contribution < -0.4 is 10.4 Å². The Morgan fingerprint density at radius 2 is 2.10 bits per heavy atom. The van der Waals surface area contributed by atoms with Gasteiger partial charge in [0.25, 0.3) is 5.91 Å². The van der Waals surface area contributed by atoms with Crippen LogP contribution in [-0.4, -0.2) is 31.5 Å². The summed E-state index contributed by atoms with van der Waals surface area (Å²) in [6.45, 7) is 2.67. The lowest BCUT2D eigenvalue weighted by molar-refractivity contribution is 0.0789. The molecule has 0 fully saturated rings. The monoisotopic (exact) mass is 289 g/mol. The molecule has 5 nitrogen and oxygen atoms in total. The molecule has 112 valence electrons. The van der Waals surface area contributed by atoms with E-state index in [0.29, 0.717) is 23.3 Å². The Hall–Kier alpha value is -2.30. The third kappa shape index (κ3) is 3.24. The third-order valence-electron chi connectivity index (χ3n) is 3.37. The minimum absolute atomic E-state index is 0.0614. The zero-order chi connectivity index (χ0) is 15.4. The lowest BCUT2D eigenvalue weighted by Gasteiger charge is -2.16. The molecule has 0 saturated heterocycles. The van der Waals surface area contributed by atoms with Gasteiger partial charge in [0.15, 0.2) is 0 Å². The number of fused-ring (bicyclic) bond motifs is 1. The number of unbranched alkanes of at least 4 members (excludes halogenated alkanes) is 1.